The first-order chi connectivity index (χ1) is 12.2. The predicted molar refractivity (Wildman–Crippen MR) is 104 cm³/mol. The van der Waals surface area contributed by atoms with Crippen LogP contribution in [0.15, 0.2) is 36.4 Å². The molecule has 0 aromatic heterocycles. The van der Waals surface area contributed by atoms with Crippen LogP contribution in [0.5, 0.6) is 11.5 Å². The van der Waals surface area contributed by atoms with Gasteiger partial charge in [0.15, 0.2) is 11.5 Å². The summed E-state index contributed by atoms with van der Waals surface area (Å²) in [6.45, 7) is 2.37. The molecule has 4 nitrogen and oxygen atoms in total. The van der Waals surface area contributed by atoms with Gasteiger partial charge < -0.3 is 19.5 Å². The summed E-state index contributed by atoms with van der Waals surface area (Å²) < 4.78 is 29.9. The molecule has 2 rings (SSSR count). The molecule has 0 atom stereocenters. The average Bonchev–Trinajstić information content (AvgIpc) is 2.61. The number of ether oxygens (including phenoxy) is 3. The highest BCUT2D eigenvalue weighted by Crippen LogP contribution is 2.30. The molecule has 0 saturated heterocycles. The molecule has 0 unspecified atom stereocenters. The monoisotopic (exact) mass is 403 g/mol. The van der Waals surface area contributed by atoms with Crippen LogP contribution in [-0.2, 0) is 17.9 Å². The second kappa shape index (κ2) is 12.0. The van der Waals surface area contributed by atoms with Gasteiger partial charge >= 0.3 is 0 Å². The quantitative estimate of drug-likeness (QED) is 0.587. The summed E-state index contributed by atoms with van der Waals surface area (Å²) >= 11 is 6.02. The minimum absolute atomic E-state index is 0. The van der Waals surface area contributed by atoms with Crippen molar-refractivity contribution < 1.29 is 18.6 Å². The molecule has 2 aromatic rings. The number of hydrogen-bond donors (Lipinski definition) is 1. The van der Waals surface area contributed by atoms with E-state index in [2.05, 4.69) is 5.32 Å². The first-order valence-electron chi connectivity index (χ1n) is 8.08. The smallest absolute Gasteiger partial charge is 0.161 e. The Labute approximate surface area is 165 Å². The Morgan fingerprint density at radius 3 is 2.62 bits per heavy atom. The van der Waals surface area contributed by atoms with Crippen LogP contribution < -0.4 is 14.8 Å². The van der Waals surface area contributed by atoms with E-state index >= 15 is 0 Å². The maximum Gasteiger partial charge on any atom is 0.161 e. The number of methoxy groups -OCH3 is 2. The minimum atomic E-state index is -0.386. The summed E-state index contributed by atoms with van der Waals surface area (Å²) in [6.07, 6.45) is 0.957. The molecule has 0 aliphatic heterocycles. The lowest BCUT2D eigenvalue weighted by molar-refractivity contribution is 0.194. The fourth-order valence-electron chi connectivity index (χ4n) is 2.34. The lowest BCUT2D eigenvalue weighted by Gasteiger charge is -2.13. The molecule has 0 aliphatic carbocycles. The minimum Gasteiger partial charge on any atom is -0.493 e. The summed E-state index contributed by atoms with van der Waals surface area (Å²) in [4.78, 5) is 0. The highest BCUT2D eigenvalue weighted by atomic mass is 35.5. The van der Waals surface area contributed by atoms with E-state index in [0.717, 1.165) is 31.7 Å². The average molecular weight is 404 g/mol. The van der Waals surface area contributed by atoms with Gasteiger partial charge in [0.25, 0.3) is 0 Å². The molecule has 1 N–H and O–H groups in total. The predicted octanol–water partition coefficient (Wildman–Crippen LogP) is 4.61. The Morgan fingerprint density at radius 2 is 1.92 bits per heavy atom. The lowest BCUT2D eigenvalue weighted by atomic mass is 10.2. The molecule has 7 heteroatoms. The van der Waals surface area contributed by atoms with Crippen molar-refractivity contribution in [3.05, 3.63) is 58.4 Å². The number of nitrogens with one attached hydrogen (secondary N) is 1. The van der Waals surface area contributed by atoms with Crippen molar-refractivity contribution in [2.75, 3.05) is 27.4 Å². The Hall–Kier alpha value is -1.53. The van der Waals surface area contributed by atoms with E-state index in [0.29, 0.717) is 22.1 Å². The largest absolute Gasteiger partial charge is 0.493 e. The zero-order valence-corrected chi connectivity index (χ0v) is 16.5. The first-order valence-corrected chi connectivity index (χ1v) is 8.45. The van der Waals surface area contributed by atoms with E-state index in [-0.39, 0.29) is 24.8 Å². The van der Waals surface area contributed by atoms with Crippen molar-refractivity contribution in [2.45, 2.75) is 19.6 Å². The van der Waals surface area contributed by atoms with Crippen molar-refractivity contribution >= 4 is 24.0 Å². The number of halogens is 3. The normalized spacial score (nSPS) is 10.3. The van der Waals surface area contributed by atoms with E-state index in [4.69, 9.17) is 25.8 Å². The highest BCUT2D eigenvalue weighted by Gasteiger charge is 2.10. The second-order valence-corrected chi connectivity index (χ2v) is 5.90. The maximum atomic E-state index is 13.8. The van der Waals surface area contributed by atoms with E-state index < -0.39 is 0 Å². The van der Waals surface area contributed by atoms with Gasteiger partial charge in [0.05, 0.1) is 12.1 Å². The third kappa shape index (κ3) is 6.65. The van der Waals surface area contributed by atoms with Crippen molar-refractivity contribution in [1.82, 2.24) is 5.32 Å². The molecule has 26 heavy (non-hydrogen) atoms. The Morgan fingerprint density at radius 1 is 1.12 bits per heavy atom. The van der Waals surface area contributed by atoms with Gasteiger partial charge in [-0.05, 0) is 42.8 Å². The fourth-order valence-corrected chi connectivity index (χ4v) is 2.55. The van der Waals surface area contributed by atoms with Gasteiger partial charge in [-0.3, -0.25) is 0 Å². The van der Waals surface area contributed by atoms with Crippen molar-refractivity contribution in [3.63, 3.8) is 0 Å². The van der Waals surface area contributed by atoms with Crippen LogP contribution >= 0.6 is 24.0 Å². The van der Waals surface area contributed by atoms with Crippen LogP contribution in [0.3, 0.4) is 0 Å². The van der Waals surface area contributed by atoms with Gasteiger partial charge in [0, 0.05) is 25.8 Å². The molecular weight excluding hydrogens is 380 g/mol. The molecule has 0 saturated carbocycles. The van der Waals surface area contributed by atoms with E-state index in [9.17, 15) is 4.39 Å². The van der Waals surface area contributed by atoms with Crippen LogP contribution in [0.2, 0.25) is 5.02 Å². The molecular formula is C19H24Cl2FNO3. The van der Waals surface area contributed by atoms with Gasteiger partial charge in [-0.15, -0.1) is 12.4 Å². The van der Waals surface area contributed by atoms with Gasteiger partial charge in [-0.2, -0.15) is 0 Å². The maximum absolute atomic E-state index is 13.8. The Bertz CT molecular complexity index is 666. The summed E-state index contributed by atoms with van der Waals surface area (Å²) in [5, 5.41) is 3.68. The van der Waals surface area contributed by atoms with E-state index in [1.165, 1.54) is 6.07 Å². The van der Waals surface area contributed by atoms with E-state index in [1.807, 2.05) is 18.2 Å². The Balaban J connectivity index is 0.00000338. The standard InChI is InChI=1S/C19H23ClFNO3.ClH/c1-23-10-4-9-22-12-14-7-8-18(19(11-14)24-2)25-13-15-16(20)5-3-6-17(15)21;/h3,5-8,11,22H,4,9-10,12-13H2,1-2H3;1H. The highest BCUT2D eigenvalue weighted by molar-refractivity contribution is 6.31. The van der Waals surface area contributed by atoms with Crippen LogP contribution in [-0.4, -0.2) is 27.4 Å². The topological polar surface area (TPSA) is 39.7 Å². The van der Waals surface area contributed by atoms with Crippen molar-refractivity contribution in [3.8, 4) is 11.5 Å². The molecule has 0 fully saturated rings. The van der Waals surface area contributed by atoms with Gasteiger partial charge in [0.1, 0.15) is 12.4 Å². The molecule has 0 amide bonds. The molecule has 0 heterocycles. The zero-order valence-electron chi connectivity index (χ0n) is 14.9. The third-order valence-electron chi connectivity index (χ3n) is 3.69. The van der Waals surface area contributed by atoms with Crippen molar-refractivity contribution in [2.24, 2.45) is 0 Å². The molecule has 0 spiro atoms. The molecule has 0 bridgehead atoms. The van der Waals surface area contributed by atoms with Crippen LogP contribution in [0.4, 0.5) is 4.39 Å². The molecule has 144 valence electrons. The summed E-state index contributed by atoms with van der Waals surface area (Å²) in [7, 11) is 3.27. The van der Waals surface area contributed by atoms with Crippen LogP contribution in [0, 0.1) is 5.82 Å². The van der Waals surface area contributed by atoms with Crippen molar-refractivity contribution in [1.29, 1.82) is 0 Å². The van der Waals surface area contributed by atoms with E-state index in [1.54, 1.807) is 26.4 Å². The number of rotatable bonds is 10. The number of benzene rings is 2. The fraction of sp³-hybridized carbons (Fsp3) is 0.368. The molecule has 0 aliphatic rings. The summed E-state index contributed by atoms with van der Waals surface area (Å²) in [6, 6.07) is 10.2. The number of hydrogen-bond acceptors (Lipinski definition) is 4. The van der Waals surface area contributed by atoms with Gasteiger partial charge in [-0.1, -0.05) is 23.7 Å². The van der Waals surface area contributed by atoms with Crippen LogP contribution in [0.25, 0.3) is 0 Å². The molecule has 2 aromatic carbocycles. The van der Waals surface area contributed by atoms with Crippen LogP contribution in [0.1, 0.15) is 17.5 Å². The summed E-state index contributed by atoms with van der Waals surface area (Å²) in [5.41, 5.74) is 1.40. The Kier molecular flexibility index (Phi) is 10.4. The molecule has 0 radical (unpaired) electrons. The second-order valence-electron chi connectivity index (χ2n) is 5.50. The third-order valence-corrected chi connectivity index (χ3v) is 4.05. The first kappa shape index (κ1) is 22.5. The SMILES string of the molecule is COCCCNCc1ccc(OCc2c(F)cccc2Cl)c(OC)c1.Cl. The lowest BCUT2D eigenvalue weighted by Crippen LogP contribution is -2.16. The zero-order chi connectivity index (χ0) is 18.1. The van der Waals surface area contributed by atoms with Gasteiger partial charge in [0.2, 0.25) is 0 Å². The van der Waals surface area contributed by atoms with Gasteiger partial charge in [-0.25, -0.2) is 4.39 Å². The summed E-state index contributed by atoms with van der Waals surface area (Å²) in [5.74, 6) is 0.761.